The first-order valence-electron chi connectivity index (χ1n) is 11.4. The van der Waals surface area contributed by atoms with Crippen molar-refractivity contribution in [3.8, 4) is 23.3 Å². The smallest absolute Gasteiger partial charge is 0.341 e. The number of rotatable bonds is 9. The van der Waals surface area contributed by atoms with Crippen LogP contribution in [0.25, 0.3) is 6.08 Å². The van der Waals surface area contributed by atoms with Gasteiger partial charge >= 0.3 is 5.97 Å². The number of nitrogens with one attached hydrogen (secondary N) is 1. The third-order valence-corrected chi connectivity index (χ3v) is 7.18. The number of fused-ring (bicyclic) bond motifs is 1. The Morgan fingerprint density at radius 2 is 1.86 bits per heavy atom. The molecule has 1 atom stereocenters. The molecule has 0 spiro atoms. The average molecular weight is 499 g/mol. The van der Waals surface area contributed by atoms with Gasteiger partial charge in [-0.25, -0.2) is 4.79 Å². The van der Waals surface area contributed by atoms with Crippen molar-refractivity contribution in [1.82, 2.24) is 0 Å². The van der Waals surface area contributed by atoms with E-state index in [-0.39, 0.29) is 12.2 Å². The van der Waals surface area contributed by atoms with Gasteiger partial charge in [0, 0.05) is 4.88 Å². The van der Waals surface area contributed by atoms with Crippen LogP contribution in [0.5, 0.6) is 17.2 Å². The lowest BCUT2D eigenvalue weighted by atomic mass is 9.85. The molecule has 1 aromatic carbocycles. The predicted octanol–water partition coefficient (Wildman–Crippen LogP) is 5.01. The van der Waals surface area contributed by atoms with Crippen LogP contribution in [-0.4, -0.2) is 39.8 Å². The van der Waals surface area contributed by atoms with Gasteiger partial charge < -0.3 is 24.3 Å². The van der Waals surface area contributed by atoms with Crippen molar-refractivity contribution in [2.45, 2.75) is 39.5 Å². The number of carbonyl (C=O) groups excluding carboxylic acids is 2. The average Bonchev–Trinajstić information content (AvgIpc) is 3.23. The Kier molecular flexibility index (Phi) is 8.77. The van der Waals surface area contributed by atoms with Crippen molar-refractivity contribution in [1.29, 1.82) is 5.26 Å². The predicted molar refractivity (Wildman–Crippen MR) is 134 cm³/mol. The van der Waals surface area contributed by atoms with Crippen LogP contribution < -0.4 is 19.5 Å². The van der Waals surface area contributed by atoms with E-state index < -0.39 is 11.9 Å². The highest BCUT2D eigenvalue weighted by atomic mass is 32.1. The Balaban J connectivity index is 1.96. The van der Waals surface area contributed by atoms with Gasteiger partial charge in [-0.15, -0.1) is 11.3 Å². The molecule has 1 N–H and O–H groups in total. The second-order valence-electron chi connectivity index (χ2n) is 8.03. The zero-order chi connectivity index (χ0) is 25.5. The molecule has 186 valence electrons. The Hall–Kier alpha value is -3.51. The molecule has 0 bridgehead atoms. The molecule has 1 heterocycles. The molecule has 2 aromatic rings. The minimum absolute atomic E-state index is 0.133. The summed E-state index contributed by atoms with van der Waals surface area (Å²) in [5.74, 6) is 0.687. The Morgan fingerprint density at radius 3 is 2.40 bits per heavy atom. The van der Waals surface area contributed by atoms with E-state index in [1.807, 2.05) is 6.07 Å². The third-order valence-electron chi connectivity index (χ3n) is 6.01. The SMILES string of the molecule is CCOC(=O)c1c(NC(=O)/C(C#N)=C/c2cc(OC)c(OC)c(OC)c2)sc2c1CCC(CC)C2. The molecule has 0 saturated heterocycles. The lowest BCUT2D eigenvalue weighted by Crippen LogP contribution is -2.17. The van der Waals surface area contributed by atoms with Gasteiger partial charge in [0.05, 0.1) is 33.5 Å². The van der Waals surface area contributed by atoms with Crippen molar-refractivity contribution in [2.24, 2.45) is 5.92 Å². The van der Waals surface area contributed by atoms with Crippen LogP contribution >= 0.6 is 11.3 Å². The van der Waals surface area contributed by atoms with Gasteiger partial charge in [0.15, 0.2) is 11.5 Å². The fourth-order valence-electron chi connectivity index (χ4n) is 4.18. The van der Waals surface area contributed by atoms with E-state index in [2.05, 4.69) is 12.2 Å². The lowest BCUT2D eigenvalue weighted by Gasteiger charge is -2.20. The lowest BCUT2D eigenvalue weighted by molar-refractivity contribution is -0.112. The van der Waals surface area contributed by atoms with Gasteiger partial charge in [0.1, 0.15) is 16.6 Å². The molecule has 0 saturated carbocycles. The van der Waals surface area contributed by atoms with Crippen LogP contribution in [-0.2, 0) is 22.4 Å². The number of amides is 1. The number of methoxy groups -OCH3 is 3. The van der Waals surface area contributed by atoms with E-state index in [9.17, 15) is 14.9 Å². The van der Waals surface area contributed by atoms with E-state index in [0.29, 0.717) is 39.3 Å². The van der Waals surface area contributed by atoms with Gasteiger partial charge in [0.25, 0.3) is 5.91 Å². The summed E-state index contributed by atoms with van der Waals surface area (Å²) < 4.78 is 21.3. The monoisotopic (exact) mass is 498 g/mol. The van der Waals surface area contributed by atoms with Crippen molar-refractivity contribution < 1.29 is 28.5 Å². The molecule has 3 rings (SSSR count). The molecule has 1 aliphatic rings. The maximum absolute atomic E-state index is 13.1. The molecular weight excluding hydrogens is 468 g/mol. The molecule has 1 amide bonds. The fourth-order valence-corrected chi connectivity index (χ4v) is 5.53. The molecular formula is C26H30N2O6S. The van der Waals surface area contributed by atoms with Crippen molar-refractivity contribution in [2.75, 3.05) is 33.3 Å². The number of thiophene rings is 1. The first kappa shape index (κ1) is 26.1. The number of nitrogens with zero attached hydrogens (tertiary/aromatic N) is 1. The van der Waals surface area contributed by atoms with Gasteiger partial charge in [-0.05, 0) is 61.4 Å². The zero-order valence-electron chi connectivity index (χ0n) is 20.6. The fraction of sp³-hybridized carbons (Fsp3) is 0.423. The third kappa shape index (κ3) is 5.60. The van der Waals surface area contributed by atoms with Gasteiger partial charge in [-0.3, -0.25) is 4.79 Å². The van der Waals surface area contributed by atoms with Crippen molar-refractivity contribution >= 4 is 34.3 Å². The molecule has 1 aromatic heterocycles. The summed E-state index contributed by atoms with van der Waals surface area (Å²) in [6.07, 6.45) is 5.12. The minimum atomic E-state index is -0.613. The van der Waals surface area contributed by atoms with Crippen LogP contribution in [0.1, 0.15) is 53.1 Å². The Bertz CT molecular complexity index is 1150. The number of hydrogen-bond acceptors (Lipinski definition) is 8. The van der Waals surface area contributed by atoms with E-state index in [0.717, 1.165) is 36.1 Å². The minimum Gasteiger partial charge on any atom is -0.493 e. The number of nitriles is 1. The molecule has 9 heteroatoms. The summed E-state index contributed by atoms with van der Waals surface area (Å²) >= 11 is 1.39. The second-order valence-corrected chi connectivity index (χ2v) is 9.13. The van der Waals surface area contributed by atoms with Crippen LogP contribution in [0.2, 0.25) is 0 Å². The zero-order valence-corrected chi connectivity index (χ0v) is 21.5. The number of esters is 1. The summed E-state index contributed by atoms with van der Waals surface area (Å²) in [7, 11) is 4.47. The Labute approximate surface area is 209 Å². The number of ether oxygens (including phenoxy) is 4. The first-order valence-corrected chi connectivity index (χ1v) is 12.3. The van der Waals surface area contributed by atoms with Crippen molar-refractivity contribution in [3.63, 3.8) is 0 Å². The van der Waals surface area contributed by atoms with Crippen LogP contribution in [0.15, 0.2) is 17.7 Å². The summed E-state index contributed by atoms with van der Waals surface area (Å²) in [4.78, 5) is 27.0. The molecule has 0 radical (unpaired) electrons. The molecule has 1 unspecified atom stereocenters. The first-order chi connectivity index (χ1) is 16.9. The largest absolute Gasteiger partial charge is 0.493 e. The maximum Gasteiger partial charge on any atom is 0.341 e. The number of benzene rings is 1. The maximum atomic E-state index is 13.1. The normalized spacial score (nSPS) is 15.0. The summed E-state index contributed by atoms with van der Waals surface area (Å²) in [6, 6.07) is 5.24. The highest BCUT2D eigenvalue weighted by Crippen LogP contribution is 2.41. The summed E-state index contributed by atoms with van der Waals surface area (Å²) in [5, 5.41) is 12.9. The van der Waals surface area contributed by atoms with Gasteiger partial charge in [-0.1, -0.05) is 13.3 Å². The standard InChI is InChI=1S/C26H30N2O6S/c1-6-15-8-9-18-21(13-15)35-25(22(18)26(30)34-7-2)28-24(29)17(14-27)10-16-11-19(31-3)23(33-5)20(12-16)32-4/h10-12,15H,6-9,13H2,1-5H3,(H,28,29)/b17-10+. The van der Waals surface area contributed by atoms with E-state index in [4.69, 9.17) is 18.9 Å². The molecule has 0 fully saturated rings. The summed E-state index contributed by atoms with van der Waals surface area (Å²) in [5.41, 5.74) is 1.74. The molecule has 1 aliphatic carbocycles. The quantitative estimate of drug-likeness (QED) is 0.294. The van der Waals surface area contributed by atoms with Crippen LogP contribution in [0.4, 0.5) is 5.00 Å². The van der Waals surface area contributed by atoms with Gasteiger partial charge in [0.2, 0.25) is 5.75 Å². The van der Waals surface area contributed by atoms with Crippen molar-refractivity contribution in [3.05, 3.63) is 39.3 Å². The highest BCUT2D eigenvalue weighted by Gasteiger charge is 2.30. The van der Waals surface area contributed by atoms with Crippen LogP contribution in [0.3, 0.4) is 0 Å². The van der Waals surface area contributed by atoms with E-state index in [1.54, 1.807) is 19.1 Å². The molecule has 8 nitrogen and oxygen atoms in total. The Morgan fingerprint density at radius 1 is 1.17 bits per heavy atom. The van der Waals surface area contributed by atoms with Crippen LogP contribution in [0, 0.1) is 17.2 Å². The summed E-state index contributed by atoms with van der Waals surface area (Å²) in [6.45, 7) is 4.14. The topological polar surface area (TPSA) is 107 Å². The van der Waals surface area contributed by atoms with E-state index >= 15 is 0 Å². The molecule has 35 heavy (non-hydrogen) atoms. The second kappa shape index (κ2) is 11.8. The number of hydrogen-bond donors (Lipinski definition) is 1. The number of carbonyl (C=O) groups is 2. The number of anilines is 1. The highest BCUT2D eigenvalue weighted by molar-refractivity contribution is 7.17. The molecule has 0 aliphatic heterocycles. The van der Waals surface area contributed by atoms with E-state index in [1.165, 1.54) is 38.7 Å². The van der Waals surface area contributed by atoms with Gasteiger partial charge in [-0.2, -0.15) is 5.26 Å².